The second-order valence-electron chi connectivity index (χ2n) is 4.73. The molecule has 0 unspecified atom stereocenters. The second kappa shape index (κ2) is 7.46. The summed E-state index contributed by atoms with van der Waals surface area (Å²) in [5.41, 5.74) is 1.88. The summed E-state index contributed by atoms with van der Waals surface area (Å²) in [6.45, 7) is -0.227. The lowest BCUT2D eigenvalue weighted by Crippen LogP contribution is -2.16. The maximum atomic E-state index is 11.7. The zero-order valence-corrected chi connectivity index (χ0v) is 14.5. The fourth-order valence-corrected chi connectivity index (χ4v) is 2.48. The number of amides is 1. The molecular formula is C16H11BrClN3O3. The van der Waals surface area contributed by atoms with Crippen LogP contribution in [0.5, 0.6) is 0 Å². The largest absolute Gasteiger partial charge is 0.435 e. The first-order valence-electron chi connectivity index (χ1n) is 6.87. The van der Waals surface area contributed by atoms with Gasteiger partial charge in [0.25, 0.3) is 5.91 Å². The van der Waals surface area contributed by atoms with Crippen molar-refractivity contribution >= 4 is 56.4 Å². The molecule has 0 bridgehead atoms. The Morgan fingerprint density at radius 1 is 1.38 bits per heavy atom. The zero-order valence-electron chi connectivity index (χ0n) is 12.2. The molecular weight excluding hydrogens is 398 g/mol. The molecule has 0 aliphatic rings. The van der Waals surface area contributed by atoms with E-state index in [1.54, 1.807) is 30.3 Å². The Balaban J connectivity index is 1.53. The van der Waals surface area contributed by atoms with Crippen LogP contribution in [0.15, 0.2) is 56.5 Å². The van der Waals surface area contributed by atoms with Gasteiger partial charge < -0.3 is 14.6 Å². The smallest absolute Gasteiger partial charge is 0.265 e. The lowest BCUT2D eigenvalue weighted by atomic mass is 10.3. The molecule has 3 aromatic rings. The van der Waals surface area contributed by atoms with E-state index in [-0.39, 0.29) is 18.4 Å². The first-order chi connectivity index (χ1) is 11.6. The minimum atomic E-state index is -0.324. The molecule has 0 radical (unpaired) electrons. The average molecular weight is 409 g/mol. The second-order valence-corrected chi connectivity index (χ2v) is 6.08. The van der Waals surface area contributed by atoms with Crippen LogP contribution in [-0.2, 0) is 9.63 Å². The molecule has 0 saturated carbocycles. The number of oxazole rings is 1. The van der Waals surface area contributed by atoms with Crippen molar-refractivity contribution in [1.29, 1.82) is 0 Å². The first kappa shape index (κ1) is 16.5. The van der Waals surface area contributed by atoms with Crippen molar-refractivity contribution in [3.63, 3.8) is 0 Å². The Bertz CT molecular complexity index is 910. The molecule has 1 amide bonds. The van der Waals surface area contributed by atoms with Crippen LogP contribution in [0.3, 0.4) is 0 Å². The van der Waals surface area contributed by atoms with Gasteiger partial charge in [0.2, 0.25) is 5.89 Å². The van der Waals surface area contributed by atoms with Gasteiger partial charge in [-0.25, -0.2) is 4.98 Å². The van der Waals surface area contributed by atoms with E-state index in [1.165, 1.54) is 6.21 Å². The molecule has 1 heterocycles. The van der Waals surface area contributed by atoms with Crippen LogP contribution in [0.25, 0.3) is 11.1 Å². The minimum Gasteiger partial charge on any atom is -0.435 e. The number of aromatic nitrogens is 1. The Labute approximate surface area is 150 Å². The standard InChI is InChI=1S/C16H11BrClN3O3/c17-10-2-1-3-12(6-10)20-15(22)9-23-19-8-16-21-13-7-11(18)4-5-14(13)24-16/h1-8H,9H2,(H,20,22)/b19-8+. The number of fused-ring (bicyclic) bond motifs is 1. The lowest BCUT2D eigenvalue weighted by Gasteiger charge is -2.04. The van der Waals surface area contributed by atoms with E-state index in [0.717, 1.165) is 4.47 Å². The maximum absolute atomic E-state index is 11.7. The quantitative estimate of drug-likeness (QED) is 0.506. The van der Waals surface area contributed by atoms with Gasteiger partial charge in [-0.1, -0.05) is 38.8 Å². The van der Waals surface area contributed by atoms with Gasteiger partial charge in [0, 0.05) is 15.2 Å². The van der Waals surface area contributed by atoms with Crippen molar-refractivity contribution in [3.05, 3.63) is 57.9 Å². The number of hydrogen-bond acceptors (Lipinski definition) is 5. The third-order valence-corrected chi connectivity index (χ3v) is 3.64. The summed E-state index contributed by atoms with van der Waals surface area (Å²) < 4.78 is 6.30. The van der Waals surface area contributed by atoms with Crippen LogP contribution in [0.4, 0.5) is 5.69 Å². The Kier molecular flexibility index (Phi) is 5.12. The van der Waals surface area contributed by atoms with Crippen LogP contribution in [0.2, 0.25) is 5.02 Å². The topological polar surface area (TPSA) is 76.7 Å². The number of halogens is 2. The molecule has 2 aromatic carbocycles. The Hall–Kier alpha value is -2.38. The number of rotatable bonds is 5. The van der Waals surface area contributed by atoms with E-state index in [9.17, 15) is 4.79 Å². The highest BCUT2D eigenvalue weighted by Crippen LogP contribution is 2.19. The number of hydrogen-bond donors (Lipinski definition) is 1. The molecule has 3 rings (SSSR count). The summed E-state index contributed by atoms with van der Waals surface area (Å²) in [4.78, 5) is 20.9. The number of nitrogens with zero attached hydrogens (tertiary/aromatic N) is 2. The SMILES string of the molecule is O=C(CO/N=C/c1nc2cc(Cl)ccc2o1)Nc1cccc(Br)c1. The summed E-state index contributed by atoms with van der Waals surface area (Å²) in [6.07, 6.45) is 1.29. The molecule has 1 aromatic heterocycles. The maximum Gasteiger partial charge on any atom is 0.265 e. The van der Waals surface area contributed by atoms with E-state index in [1.807, 2.05) is 12.1 Å². The first-order valence-corrected chi connectivity index (χ1v) is 8.04. The highest BCUT2D eigenvalue weighted by Gasteiger charge is 2.05. The average Bonchev–Trinajstić information content (AvgIpc) is 2.93. The van der Waals surface area contributed by atoms with E-state index >= 15 is 0 Å². The van der Waals surface area contributed by atoms with Crippen LogP contribution >= 0.6 is 27.5 Å². The van der Waals surface area contributed by atoms with Crippen molar-refractivity contribution in [2.24, 2.45) is 5.16 Å². The van der Waals surface area contributed by atoms with Crippen LogP contribution in [-0.4, -0.2) is 23.7 Å². The van der Waals surface area contributed by atoms with E-state index in [4.69, 9.17) is 20.9 Å². The van der Waals surface area contributed by atoms with Gasteiger partial charge in [-0.15, -0.1) is 0 Å². The van der Waals surface area contributed by atoms with Gasteiger partial charge in [-0.3, -0.25) is 4.79 Å². The summed E-state index contributed by atoms with van der Waals surface area (Å²) in [6, 6.07) is 12.3. The molecule has 8 heteroatoms. The number of carbonyl (C=O) groups excluding carboxylic acids is 1. The molecule has 0 aliphatic carbocycles. The predicted molar refractivity (Wildman–Crippen MR) is 95.3 cm³/mol. The van der Waals surface area contributed by atoms with E-state index in [2.05, 4.69) is 31.4 Å². The number of nitrogens with one attached hydrogen (secondary N) is 1. The van der Waals surface area contributed by atoms with Gasteiger partial charge in [0.15, 0.2) is 12.2 Å². The fourth-order valence-electron chi connectivity index (χ4n) is 1.92. The van der Waals surface area contributed by atoms with Crippen molar-refractivity contribution in [1.82, 2.24) is 4.98 Å². The summed E-state index contributed by atoms with van der Waals surface area (Å²) in [7, 11) is 0. The van der Waals surface area contributed by atoms with Crippen molar-refractivity contribution < 1.29 is 14.0 Å². The van der Waals surface area contributed by atoms with Gasteiger partial charge >= 0.3 is 0 Å². The lowest BCUT2D eigenvalue weighted by molar-refractivity contribution is -0.120. The van der Waals surface area contributed by atoms with Crippen LogP contribution in [0, 0.1) is 0 Å². The Morgan fingerprint density at radius 3 is 3.08 bits per heavy atom. The highest BCUT2D eigenvalue weighted by atomic mass is 79.9. The molecule has 0 aliphatic heterocycles. The molecule has 0 fully saturated rings. The summed E-state index contributed by atoms with van der Waals surface area (Å²) >= 11 is 9.21. The van der Waals surface area contributed by atoms with Gasteiger partial charge in [-0.05, 0) is 36.4 Å². The minimum absolute atomic E-state index is 0.227. The molecule has 0 spiro atoms. The fraction of sp³-hybridized carbons (Fsp3) is 0.0625. The van der Waals surface area contributed by atoms with Crippen molar-refractivity contribution in [3.8, 4) is 0 Å². The molecule has 122 valence electrons. The summed E-state index contributed by atoms with van der Waals surface area (Å²) in [5.74, 6) is -0.0609. The molecule has 6 nitrogen and oxygen atoms in total. The normalized spacial score (nSPS) is 11.1. The van der Waals surface area contributed by atoms with Gasteiger partial charge in [0.1, 0.15) is 11.7 Å². The molecule has 24 heavy (non-hydrogen) atoms. The van der Waals surface area contributed by atoms with Gasteiger partial charge in [-0.2, -0.15) is 0 Å². The third-order valence-electron chi connectivity index (χ3n) is 2.91. The van der Waals surface area contributed by atoms with Crippen molar-refractivity contribution in [2.45, 2.75) is 0 Å². The Morgan fingerprint density at radius 2 is 2.25 bits per heavy atom. The van der Waals surface area contributed by atoms with Crippen LogP contribution in [0.1, 0.15) is 5.89 Å². The van der Waals surface area contributed by atoms with Gasteiger partial charge in [0.05, 0.1) is 0 Å². The molecule has 1 N–H and O–H groups in total. The van der Waals surface area contributed by atoms with Crippen LogP contribution < -0.4 is 5.32 Å². The third kappa shape index (κ3) is 4.33. The van der Waals surface area contributed by atoms with Crippen molar-refractivity contribution in [2.75, 3.05) is 11.9 Å². The monoisotopic (exact) mass is 407 g/mol. The molecule has 0 saturated heterocycles. The van der Waals surface area contributed by atoms with E-state index in [0.29, 0.717) is 21.8 Å². The molecule has 0 atom stereocenters. The number of oxime groups is 1. The highest BCUT2D eigenvalue weighted by molar-refractivity contribution is 9.10. The summed E-state index contributed by atoms with van der Waals surface area (Å²) in [5, 5.41) is 6.93. The zero-order chi connectivity index (χ0) is 16.9. The number of benzene rings is 2. The van der Waals surface area contributed by atoms with E-state index < -0.39 is 0 Å². The number of anilines is 1. The number of carbonyl (C=O) groups is 1. The predicted octanol–water partition coefficient (Wildman–Crippen LogP) is 4.23.